The molecule has 0 aliphatic rings. The second kappa shape index (κ2) is 3.62. The number of rotatable bonds is 2. The van der Waals surface area contributed by atoms with E-state index in [1.54, 1.807) is 19.6 Å². The Hall–Kier alpha value is -2.30. The number of hydrogen-bond donors (Lipinski definition) is 1. The highest BCUT2D eigenvalue weighted by Gasteiger charge is 2.08. The minimum atomic E-state index is 0.813. The lowest BCUT2D eigenvalue weighted by Gasteiger charge is -1.97. The third-order valence-electron chi connectivity index (χ3n) is 2.75. The molecule has 17 heavy (non-hydrogen) atoms. The van der Waals surface area contributed by atoms with Crippen LogP contribution in [0.25, 0.3) is 22.6 Å². The van der Waals surface area contributed by atoms with Crippen molar-refractivity contribution in [1.82, 2.24) is 19.5 Å². The van der Waals surface area contributed by atoms with Gasteiger partial charge in [-0.3, -0.25) is 0 Å². The summed E-state index contributed by atoms with van der Waals surface area (Å²) in [4.78, 5) is 11.9. The summed E-state index contributed by atoms with van der Waals surface area (Å²) in [5.41, 5.74) is 2.84. The number of aromatic amines is 1. The maximum Gasteiger partial charge on any atom is 0.156 e. The molecule has 0 aliphatic heterocycles. The van der Waals surface area contributed by atoms with Gasteiger partial charge in [0.1, 0.15) is 11.4 Å². The standard InChI is InChI=1S/C12H12N4O/c1-16-7-13-6-11(16)12-14-9-4-3-8(17-2)5-10(9)15-12/h3-7H,1-2H3,(H,14,15). The Morgan fingerprint density at radius 1 is 1.35 bits per heavy atom. The fourth-order valence-electron chi connectivity index (χ4n) is 1.82. The number of methoxy groups -OCH3 is 1. The largest absolute Gasteiger partial charge is 0.497 e. The molecule has 86 valence electrons. The number of fused-ring (bicyclic) bond motifs is 1. The normalized spacial score (nSPS) is 10.9. The van der Waals surface area contributed by atoms with Gasteiger partial charge in [0.15, 0.2) is 5.82 Å². The van der Waals surface area contributed by atoms with Crippen molar-refractivity contribution < 1.29 is 4.74 Å². The fraction of sp³-hybridized carbons (Fsp3) is 0.167. The van der Waals surface area contributed by atoms with E-state index in [4.69, 9.17) is 4.74 Å². The van der Waals surface area contributed by atoms with Crippen molar-refractivity contribution in [3.63, 3.8) is 0 Å². The predicted octanol–water partition coefficient (Wildman–Crippen LogP) is 1.97. The molecule has 0 saturated heterocycles. The van der Waals surface area contributed by atoms with Crippen LogP contribution in [0.15, 0.2) is 30.7 Å². The SMILES string of the molecule is COc1ccc2nc(-c3cncn3C)[nH]c2c1. The lowest BCUT2D eigenvalue weighted by molar-refractivity contribution is 0.415. The van der Waals surface area contributed by atoms with Gasteiger partial charge in [-0.1, -0.05) is 0 Å². The van der Waals surface area contributed by atoms with Crippen LogP contribution < -0.4 is 4.74 Å². The number of nitrogens with zero attached hydrogens (tertiary/aromatic N) is 3. The fourth-order valence-corrected chi connectivity index (χ4v) is 1.82. The van der Waals surface area contributed by atoms with Crippen LogP contribution >= 0.6 is 0 Å². The molecule has 0 amide bonds. The van der Waals surface area contributed by atoms with Crippen LogP contribution in [-0.4, -0.2) is 26.6 Å². The van der Waals surface area contributed by atoms with E-state index in [2.05, 4.69) is 15.0 Å². The lowest BCUT2D eigenvalue weighted by atomic mass is 10.3. The summed E-state index contributed by atoms with van der Waals surface area (Å²) in [6.07, 6.45) is 3.54. The molecule has 0 atom stereocenters. The number of ether oxygens (including phenoxy) is 1. The third kappa shape index (κ3) is 1.56. The Morgan fingerprint density at radius 2 is 2.24 bits per heavy atom. The molecule has 0 saturated carbocycles. The molecule has 1 aromatic carbocycles. The van der Waals surface area contributed by atoms with Crippen molar-refractivity contribution in [2.75, 3.05) is 7.11 Å². The molecule has 1 N–H and O–H groups in total. The number of benzene rings is 1. The van der Waals surface area contributed by atoms with E-state index in [-0.39, 0.29) is 0 Å². The number of H-pyrrole nitrogens is 1. The summed E-state index contributed by atoms with van der Waals surface area (Å²) in [5.74, 6) is 1.63. The van der Waals surface area contributed by atoms with Crippen LogP contribution in [0.3, 0.4) is 0 Å². The van der Waals surface area contributed by atoms with Gasteiger partial charge in [0.2, 0.25) is 0 Å². The highest BCUT2D eigenvalue weighted by molar-refractivity contribution is 5.80. The maximum atomic E-state index is 5.18. The maximum absolute atomic E-state index is 5.18. The minimum Gasteiger partial charge on any atom is -0.497 e. The van der Waals surface area contributed by atoms with Crippen molar-refractivity contribution in [3.8, 4) is 17.3 Å². The molecule has 2 aromatic heterocycles. The van der Waals surface area contributed by atoms with Crippen LogP contribution in [0.4, 0.5) is 0 Å². The van der Waals surface area contributed by atoms with Crippen molar-refractivity contribution >= 4 is 11.0 Å². The average Bonchev–Trinajstić information content (AvgIpc) is 2.93. The van der Waals surface area contributed by atoms with E-state index in [0.717, 1.165) is 28.3 Å². The van der Waals surface area contributed by atoms with Gasteiger partial charge in [-0.05, 0) is 12.1 Å². The molecule has 5 nitrogen and oxygen atoms in total. The Morgan fingerprint density at radius 3 is 2.94 bits per heavy atom. The third-order valence-corrected chi connectivity index (χ3v) is 2.75. The molecular formula is C12H12N4O. The second-order valence-electron chi connectivity index (χ2n) is 3.86. The van der Waals surface area contributed by atoms with Gasteiger partial charge >= 0.3 is 0 Å². The van der Waals surface area contributed by atoms with E-state index in [1.807, 2.05) is 29.8 Å². The van der Waals surface area contributed by atoms with Crippen molar-refractivity contribution in [2.24, 2.45) is 7.05 Å². The number of aryl methyl sites for hydroxylation is 1. The van der Waals surface area contributed by atoms with Crippen LogP contribution in [0, 0.1) is 0 Å². The summed E-state index contributed by atoms with van der Waals surface area (Å²) in [6, 6.07) is 5.77. The van der Waals surface area contributed by atoms with Crippen LogP contribution in [0.5, 0.6) is 5.75 Å². The van der Waals surface area contributed by atoms with E-state index in [9.17, 15) is 0 Å². The Bertz CT molecular complexity index is 668. The first-order valence-corrected chi connectivity index (χ1v) is 5.28. The molecule has 0 spiro atoms. The quantitative estimate of drug-likeness (QED) is 0.729. The van der Waals surface area contributed by atoms with E-state index in [0.29, 0.717) is 0 Å². The number of nitrogens with one attached hydrogen (secondary N) is 1. The summed E-state index contributed by atoms with van der Waals surface area (Å²) >= 11 is 0. The monoisotopic (exact) mass is 228 g/mol. The molecule has 3 rings (SSSR count). The molecule has 2 heterocycles. The van der Waals surface area contributed by atoms with E-state index < -0.39 is 0 Å². The molecule has 0 bridgehead atoms. The molecule has 0 fully saturated rings. The van der Waals surface area contributed by atoms with E-state index >= 15 is 0 Å². The number of hydrogen-bond acceptors (Lipinski definition) is 3. The van der Waals surface area contributed by atoms with Crippen molar-refractivity contribution in [1.29, 1.82) is 0 Å². The minimum absolute atomic E-state index is 0.813. The molecule has 3 aromatic rings. The zero-order valence-electron chi connectivity index (χ0n) is 9.64. The van der Waals surface area contributed by atoms with Crippen LogP contribution in [0.2, 0.25) is 0 Å². The molecule has 0 aliphatic carbocycles. The van der Waals surface area contributed by atoms with Gasteiger partial charge in [-0.15, -0.1) is 0 Å². The van der Waals surface area contributed by atoms with Gasteiger partial charge in [0.25, 0.3) is 0 Å². The van der Waals surface area contributed by atoms with E-state index in [1.165, 1.54) is 0 Å². The first kappa shape index (κ1) is 9.89. The topological polar surface area (TPSA) is 55.7 Å². The zero-order valence-corrected chi connectivity index (χ0v) is 9.64. The van der Waals surface area contributed by atoms with Gasteiger partial charge < -0.3 is 14.3 Å². The number of aromatic nitrogens is 4. The first-order valence-electron chi connectivity index (χ1n) is 5.28. The van der Waals surface area contributed by atoms with Gasteiger partial charge in [0.05, 0.1) is 30.7 Å². The Labute approximate surface area is 98.1 Å². The van der Waals surface area contributed by atoms with Crippen molar-refractivity contribution in [3.05, 3.63) is 30.7 Å². The summed E-state index contributed by atoms with van der Waals surface area (Å²) in [7, 11) is 3.59. The summed E-state index contributed by atoms with van der Waals surface area (Å²) in [6.45, 7) is 0. The molecular weight excluding hydrogens is 216 g/mol. The van der Waals surface area contributed by atoms with Crippen molar-refractivity contribution in [2.45, 2.75) is 0 Å². The number of imidazole rings is 2. The summed E-state index contributed by atoms with van der Waals surface area (Å²) < 4.78 is 7.11. The summed E-state index contributed by atoms with van der Waals surface area (Å²) in [5, 5.41) is 0. The smallest absolute Gasteiger partial charge is 0.156 e. The highest BCUT2D eigenvalue weighted by atomic mass is 16.5. The molecule has 5 heteroatoms. The lowest BCUT2D eigenvalue weighted by Crippen LogP contribution is -1.90. The van der Waals surface area contributed by atoms with Crippen LogP contribution in [0.1, 0.15) is 0 Å². The Kier molecular flexibility index (Phi) is 2.11. The molecule has 0 unspecified atom stereocenters. The second-order valence-corrected chi connectivity index (χ2v) is 3.86. The van der Waals surface area contributed by atoms with Gasteiger partial charge in [-0.25, -0.2) is 9.97 Å². The highest BCUT2D eigenvalue weighted by Crippen LogP contribution is 2.22. The Balaban J connectivity index is 2.17. The average molecular weight is 228 g/mol. The molecule has 0 radical (unpaired) electrons. The van der Waals surface area contributed by atoms with Gasteiger partial charge in [0, 0.05) is 13.1 Å². The first-order chi connectivity index (χ1) is 8.28. The predicted molar refractivity (Wildman–Crippen MR) is 64.8 cm³/mol. The van der Waals surface area contributed by atoms with Gasteiger partial charge in [-0.2, -0.15) is 0 Å². The van der Waals surface area contributed by atoms with Crippen LogP contribution in [-0.2, 0) is 7.05 Å². The zero-order chi connectivity index (χ0) is 11.8.